The molecular formula is C4H8FN3O2. The van der Waals surface area contributed by atoms with E-state index in [2.05, 4.69) is 14.8 Å². The highest BCUT2D eigenvalue weighted by Gasteiger charge is 2.04. The van der Waals surface area contributed by atoms with Crippen LogP contribution in [0.1, 0.15) is 0 Å². The van der Waals surface area contributed by atoms with Crippen LogP contribution in [0, 0.1) is 0 Å². The average molecular weight is 149 g/mol. The van der Waals surface area contributed by atoms with Gasteiger partial charge in [-0.2, -0.15) is 0 Å². The lowest BCUT2D eigenvalue weighted by Crippen LogP contribution is -2.20. The molecule has 0 saturated carbocycles. The van der Waals surface area contributed by atoms with Gasteiger partial charge in [-0.05, 0) is 5.53 Å². The summed E-state index contributed by atoms with van der Waals surface area (Å²) in [6, 6.07) is 0. The number of hydrogen-bond donors (Lipinski definition) is 1. The third kappa shape index (κ3) is 4.08. The molecule has 0 aromatic carbocycles. The second-order valence-corrected chi connectivity index (χ2v) is 1.49. The summed E-state index contributed by atoms with van der Waals surface area (Å²) in [5.41, 5.74) is 7.81. The van der Waals surface area contributed by atoms with Gasteiger partial charge in [0, 0.05) is 4.91 Å². The van der Waals surface area contributed by atoms with Crippen molar-refractivity contribution >= 4 is 0 Å². The van der Waals surface area contributed by atoms with Crippen molar-refractivity contribution in [2.24, 2.45) is 5.11 Å². The summed E-state index contributed by atoms with van der Waals surface area (Å²) in [6.07, 6.45) is -0.721. The Labute approximate surface area is 57.0 Å². The van der Waals surface area contributed by atoms with Gasteiger partial charge in [0.25, 0.3) is 0 Å². The Morgan fingerprint density at radius 3 is 2.90 bits per heavy atom. The van der Waals surface area contributed by atoms with Crippen LogP contribution in [0.25, 0.3) is 10.4 Å². The molecule has 0 unspecified atom stereocenters. The molecule has 5 nitrogen and oxygen atoms in total. The molecule has 0 aliphatic rings. The van der Waals surface area contributed by atoms with Gasteiger partial charge in [-0.25, -0.2) is 4.39 Å². The zero-order valence-corrected chi connectivity index (χ0v) is 5.27. The minimum absolute atomic E-state index is 0.0447. The van der Waals surface area contributed by atoms with Crippen LogP contribution in [0.2, 0.25) is 0 Å². The van der Waals surface area contributed by atoms with Crippen molar-refractivity contribution in [3.63, 3.8) is 0 Å². The van der Waals surface area contributed by atoms with E-state index in [1.54, 1.807) is 0 Å². The normalized spacial score (nSPS) is 12.2. The van der Waals surface area contributed by atoms with Gasteiger partial charge in [-0.1, -0.05) is 5.11 Å². The highest BCUT2D eigenvalue weighted by Crippen LogP contribution is 1.91. The number of aliphatic hydroxyl groups excluding tert-OH is 1. The number of hydrogen-bond acceptors (Lipinski definition) is 3. The van der Waals surface area contributed by atoms with E-state index in [1.165, 1.54) is 0 Å². The molecule has 0 aromatic heterocycles. The maximum Gasteiger partial charge on any atom is 0.188 e. The zero-order chi connectivity index (χ0) is 7.82. The second kappa shape index (κ2) is 6.28. The molecule has 0 aliphatic heterocycles. The molecular weight excluding hydrogens is 141 g/mol. The van der Waals surface area contributed by atoms with Gasteiger partial charge in [0.15, 0.2) is 6.86 Å². The van der Waals surface area contributed by atoms with Crippen LogP contribution in [0.5, 0.6) is 0 Å². The van der Waals surface area contributed by atoms with Gasteiger partial charge in [0.2, 0.25) is 0 Å². The van der Waals surface area contributed by atoms with Crippen molar-refractivity contribution < 1.29 is 14.2 Å². The largest absolute Gasteiger partial charge is 0.394 e. The van der Waals surface area contributed by atoms with Crippen molar-refractivity contribution in [2.75, 3.05) is 20.0 Å². The molecule has 0 bridgehead atoms. The first kappa shape index (κ1) is 9.16. The lowest BCUT2D eigenvalue weighted by Gasteiger charge is -2.07. The van der Waals surface area contributed by atoms with Gasteiger partial charge in [0.05, 0.1) is 19.3 Å². The van der Waals surface area contributed by atoms with Crippen LogP contribution < -0.4 is 0 Å². The predicted octanol–water partition coefficient (Wildman–Crippen LogP) is 0.601. The molecule has 1 atom stereocenters. The summed E-state index contributed by atoms with van der Waals surface area (Å²) in [4.78, 5) is 2.42. The molecule has 0 aliphatic carbocycles. The number of halogens is 1. The molecule has 0 spiro atoms. The number of aliphatic hydroxyl groups is 1. The Hall–Kier alpha value is -0.840. The number of alkyl halides is 1. The van der Waals surface area contributed by atoms with Crippen LogP contribution in [-0.2, 0) is 4.74 Å². The van der Waals surface area contributed by atoms with Crippen LogP contribution in [0.3, 0.4) is 0 Å². The Kier molecular flexibility index (Phi) is 5.75. The number of rotatable bonds is 5. The van der Waals surface area contributed by atoms with Crippen LogP contribution in [0.4, 0.5) is 4.39 Å². The molecule has 0 rings (SSSR count). The quantitative estimate of drug-likeness (QED) is 0.353. The minimum atomic E-state index is -0.980. The standard InChI is InChI=1S/C4H8FN3O2/c5-3-10-4(2-9)1-7-8-6/h4,9H,1-3H2/t4-/m1/s1. The van der Waals surface area contributed by atoms with Crippen molar-refractivity contribution in [3.8, 4) is 0 Å². The number of nitrogens with zero attached hydrogens (tertiary/aromatic N) is 3. The van der Waals surface area contributed by atoms with E-state index in [9.17, 15) is 4.39 Å². The Morgan fingerprint density at radius 2 is 2.50 bits per heavy atom. The average Bonchev–Trinajstić information content (AvgIpc) is 1.98. The topological polar surface area (TPSA) is 78.2 Å². The predicted molar refractivity (Wildman–Crippen MR) is 31.9 cm³/mol. The Bertz CT molecular complexity index is 126. The van der Waals surface area contributed by atoms with Crippen molar-refractivity contribution in [1.82, 2.24) is 0 Å². The van der Waals surface area contributed by atoms with E-state index in [0.717, 1.165) is 0 Å². The Morgan fingerprint density at radius 1 is 1.80 bits per heavy atom. The fourth-order valence-electron chi connectivity index (χ4n) is 0.380. The van der Waals surface area contributed by atoms with E-state index >= 15 is 0 Å². The van der Waals surface area contributed by atoms with Crippen molar-refractivity contribution in [2.45, 2.75) is 6.10 Å². The Balaban J connectivity index is 3.48. The second-order valence-electron chi connectivity index (χ2n) is 1.49. The monoisotopic (exact) mass is 149 g/mol. The van der Waals surface area contributed by atoms with E-state index in [4.69, 9.17) is 10.6 Å². The molecule has 10 heavy (non-hydrogen) atoms. The molecule has 0 amide bonds. The first-order valence-corrected chi connectivity index (χ1v) is 2.64. The first-order valence-electron chi connectivity index (χ1n) is 2.64. The fourth-order valence-corrected chi connectivity index (χ4v) is 0.380. The van der Waals surface area contributed by atoms with Gasteiger partial charge in [-0.15, -0.1) is 0 Å². The van der Waals surface area contributed by atoms with Crippen molar-refractivity contribution in [1.29, 1.82) is 0 Å². The van der Waals surface area contributed by atoms with E-state index in [1.807, 2.05) is 0 Å². The van der Waals surface area contributed by atoms with E-state index < -0.39 is 13.0 Å². The van der Waals surface area contributed by atoms with Gasteiger partial charge >= 0.3 is 0 Å². The molecule has 58 valence electrons. The summed E-state index contributed by atoms with van der Waals surface area (Å²) in [7, 11) is 0. The highest BCUT2D eigenvalue weighted by atomic mass is 19.1. The third-order valence-corrected chi connectivity index (χ3v) is 0.851. The molecule has 0 fully saturated rings. The SMILES string of the molecule is [N-]=[N+]=NC[C@H](CO)OCF. The van der Waals surface area contributed by atoms with Gasteiger partial charge in [-0.3, -0.25) is 0 Å². The maximum absolute atomic E-state index is 11.4. The van der Waals surface area contributed by atoms with E-state index in [-0.39, 0.29) is 13.2 Å². The molecule has 0 aromatic rings. The summed E-state index contributed by atoms with van der Waals surface area (Å²) in [5.74, 6) is 0. The van der Waals surface area contributed by atoms with Gasteiger partial charge < -0.3 is 9.84 Å². The third-order valence-electron chi connectivity index (χ3n) is 0.851. The van der Waals surface area contributed by atoms with Crippen LogP contribution in [0.15, 0.2) is 5.11 Å². The first-order chi connectivity index (χ1) is 4.85. The molecule has 0 saturated heterocycles. The number of ether oxygens (including phenoxy) is 1. The number of azide groups is 1. The maximum atomic E-state index is 11.4. The smallest absolute Gasteiger partial charge is 0.188 e. The summed E-state index contributed by atoms with van der Waals surface area (Å²) in [5, 5.41) is 11.5. The van der Waals surface area contributed by atoms with Gasteiger partial charge in [0.1, 0.15) is 0 Å². The lowest BCUT2D eigenvalue weighted by molar-refractivity contribution is -0.0262. The van der Waals surface area contributed by atoms with Crippen LogP contribution in [-0.4, -0.2) is 31.2 Å². The molecule has 0 heterocycles. The summed E-state index contributed by atoms with van der Waals surface area (Å²) < 4.78 is 15.7. The summed E-state index contributed by atoms with van der Waals surface area (Å²) >= 11 is 0. The zero-order valence-electron chi connectivity index (χ0n) is 5.27. The van der Waals surface area contributed by atoms with Crippen LogP contribution >= 0.6 is 0 Å². The van der Waals surface area contributed by atoms with Crippen molar-refractivity contribution in [3.05, 3.63) is 10.4 Å². The minimum Gasteiger partial charge on any atom is -0.394 e. The summed E-state index contributed by atoms with van der Waals surface area (Å²) in [6.45, 7) is -1.37. The molecule has 6 heteroatoms. The lowest BCUT2D eigenvalue weighted by atomic mass is 10.4. The molecule has 0 radical (unpaired) electrons. The molecule has 1 N–H and O–H groups in total. The fraction of sp³-hybridized carbons (Fsp3) is 1.00. The highest BCUT2D eigenvalue weighted by molar-refractivity contribution is 4.58. The van der Waals surface area contributed by atoms with E-state index in [0.29, 0.717) is 0 Å².